The summed E-state index contributed by atoms with van der Waals surface area (Å²) in [5.41, 5.74) is 2.26. The minimum absolute atomic E-state index is 0.0181. The highest BCUT2D eigenvalue weighted by atomic mass is 16.5. The lowest BCUT2D eigenvalue weighted by Gasteiger charge is -2.27. The zero-order valence-corrected chi connectivity index (χ0v) is 15.4. The van der Waals surface area contributed by atoms with Crippen LogP contribution in [0.1, 0.15) is 23.6 Å². The van der Waals surface area contributed by atoms with Crippen LogP contribution in [0.15, 0.2) is 48.5 Å². The SMILES string of the molecule is Cc1ccc(OCCN(C)CC(=O)NC2CCOc3ccccc32)cc1. The molecule has 1 heterocycles. The first kappa shape index (κ1) is 18.3. The Morgan fingerprint density at radius 2 is 2.00 bits per heavy atom. The highest BCUT2D eigenvalue weighted by Gasteiger charge is 2.22. The molecule has 1 aliphatic heterocycles. The monoisotopic (exact) mass is 354 g/mol. The lowest BCUT2D eigenvalue weighted by molar-refractivity contribution is -0.122. The van der Waals surface area contributed by atoms with Crippen molar-refractivity contribution in [2.24, 2.45) is 0 Å². The molecule has 2 aromatic rings. The quantitative estimate of drug-likeness (QED) is 0.831. The summed E-state index contributed by atoms with van der Waals surface area (Å²) in [4.78, 5) is 14.3. The number of nitrogens with zero attached hydrogens (tertiary/aromatic N) is 1. The van der Waals surface area contributed by atoms with Crippen LogP contribution in [-0.4, -0.2) is 44.2 Å². The molecular weight excluding hydrogens is 328 g/mol. The van der Waals surface area contributed by atoms with E-state index in [0.717, 1.165) is 23.5 Å². The zero-order chi connectivity index (χ0) is 18.4. The smallest absolute Gasteiger partial charge is 0.234 e. The second-order valence-electron chi connectivity index (χ2n) is 6.69. The van der Waals surface area contributed by atoms with Gasteiger partial charge < -0.3 is 14.8 Å². The molecule has 1 amide bonds. The van der Waals surface area contributed by atoms with Gasteiger partial charge in [0.15, 0.2) is 0 Å². The van der Waals surface area contributed by atoms with Crippen LogP contribution >= 0.6 is 0 Å². The molecule has 0 aromatic heterocycles. The van der Waals surface area contributed by atoms with Crippen molar-refractivity contribution >= 4 is 5.91 Å². The molecule has 1 unspecified atom stereocenters. The Bertz CT molecular complexity index is 730. The number of ether oxygens (including phenoxy) is 2. The van der Waals surface area contributed by atoms with E-state index in [1.807, 2.05) is 67.4 Å². The van der Waals surface area contributed by atoms with Gasteiger partial charge in [-0.15, -0.1) is 0 Å². The average Bonchev–Trinajstić information content (AvgIpc) is 2.63. The molecule has 0 bridgehead atoms. The van der Waals surface area contributed by atoms with E-state index in [0.29, 0.717) is 26.3 Å². The minimum Gasteiger partial charge on any atom is -0.493 e. The van der Waals surface area contributed by atoms with Crippen LogP contribution < -0.4 is 14.8 Å². The van der Waals surface area contributed by atoms with E-state index in [1.165, 1.54) is 5.56 Å². The molecule has 0 saturated heterocycles. The fraction of sp³-hybridized carbons (Fsp3) is 0.381. The summed E-state index contributed by atoms with van der Waals surface area (Å²) in [5, 5.41) is 3.12. The van der Waals surface area contributed by atoms with E-state index in [2.05, 4.69) is 5.32 Å². The van der Waals surface area contributed by atoms with E-state index in [1.54, 1.807) is 0 Å². The normalized spacial score (nSPS) is 15.9. The topological polar surface area (TPSA) is 50.8 Å². The number of nitrogens with one attached hydrogen (secondary N) is 1. The number of likely N-dealkylation sites (N-methyl/N-ethyl adjacent to an activating group) is 1. The summed E-state index contributed by atoms with van der Waals surface area (Å²) in [6.07, 6.45) is 0.795. The minimum atomic E-state index is 0.0181. The van der Waals surface area contributed by atoms with Crippen LogP contribution in [0, 0.1) is 6.92 Å². The van der Waals surface area contributed by atoms with Crippen LogP contribution in [0.3, 0.4) is 0 Å². The van der Waals surface area contributed by atoms with Gasteiger partial charge >= 0.3 is 0 Å². The molecular formula is C21H26N2O3. The first-order valence-corrected chi connectivity index (χ1v) is 9.01. The summed E-state index contributed by atoms with van der Waals surface area (Å²) in [7, 11) is 1.93. The summed E-state index contributed by atoms with van der Waals surface area (Å²) in [6.45, 7) is 4.25. The Morgan fingerprint density at radius 1 is 1.23 bits per heavy atom. The zero-order valence-electron chi connectivity index (χ0n) is 15.4. The lowest BCUT2D eigenvalue weighted by Crippen LogP contribution is -2.39. The lowest BCUT2D eigenvalue weighted by atomic mass is 10.0. The third kappa shape index (κ3) is 4.99. The fourth-order valence-corrected chi connectivity index (χ4v) is 3.01. The Hall–Kier alpha value is -2.53. The van der Waals surface area contributed by atoms with Crippen LogP contribution in [0.4, 0.5) is 0 Å². The van der Waals surface area contributed by atoms with Gasteiger partial charge in [-0.1, -0.05) is 35.9 Å². The number of hydrogen-bond donors (Lipinski definition) is 1. The summed E-state index contributed by atoms with van der Waals surface area (Å²) in [6, 6.07) is 15.9. The van der Waals surface area contributed by atoms with Crippen molar-refractivity contribution < 1.29 is 14.3 Å². The molecule has 1 aliphatic rings. The van der Waals surface area contributed by atoms with Crippen LogP contribution in [0.5, 0.6) is 11.5 Å². The van der Waals surface area contributed by atoms with Gasteiger partial charge in [0.2, 0.25) is 5.91 Å². The second kappa shape index (κ2) is 8.72. The molecule has 1 atom stereocenters. The number of fused-ring (bicyclic) bond motifs is 1. The van der Waals surface area contributed by atoms with Gasteiger partial charge in [-0.2, -0.15) is 0 Å². The van der Waals surface area contributed by atoms with Gasteiger partial charge in [0.1, 0.15) is 18.1 Å². The van der Waals surface area contributed by atoms with Crippen molar-refractivity contribution in [1.29, 1.82) is 0 Å². The van der Waals surface area contributed by atoms with Gasteiger partial charge in [-0.25, -0.2) is 0 Å². The number of carbonyl (C=O) groups excluding carboxylic acids is 1. The number of aryl methyl sites for hydroxylation is 1. The third-order valence-corrected chi connectivity index (χ3v) is 4.47. The highest BCUT2D eigenvalue weighted by molar-refractivity contribution is 5.78. The standard InChI is InChI=1S/C21H26N2O3/c1-16-7-9-17(10-8-16)25-14-12-23(2)15-21(24)22-19-11-13-26-20-6-4-3-5-18(19)20/h3-10,19H,11-15H2,1-2H3,(H,22,24). The number of para-hydroxylation sites is 1. The Balaban J connectivity index is 1.42. The molecule has 5 nitrogen and oxygen atoms in total. The van der Waals surface area contributed by atoms with Crippen molar-refractivity contribution in [2.45, 2.75) is 19.4 Å². The van der Waals surface area contributed by atoms with E-state index < -0.39 is 0 Å². The Kier molecular flexibility index (Phi) is 6.12. The maximum atomic E-state index is 12.4. The van der Waals surface area contributed by atoms with Crippen LogP contribution in [0.25, 0.3) is 0 Å². The molecule has 0 saturated carbocycles. The third-order valence-electron chi connectivity index (χ3n) is 4.47. The number of hydrogen-bond acceptors (Lipinski definition) is 4. The molecule has 0 fully saturated rings. The van der Waals surface area contributed by atoms with Gasteiger partial charge in [-0.3, -0.25) is 9.69 Å². The molecule has 3 rings (SSSR count). The summed E-state index contributed by atoms with van der Waals surface area (Å²) < 4.78 is 11.4. The molecule has 0 aliphatic carbocycles. The van der Waals surface area contributed by atoms with E-state index in [-0.39, 0.29) is 11.9 Å². The molecule has 138 valence electrons. The predicted octanol–water partition coefficient (Wildman–Crippen LogP) is 2.95. The van der Waals surface area contributed by atoms with E-state index in [9.17, 15) is 4.79 Å². The van der Waals surface area contributed by atoms with Gasteiger partial charge in [-0.05, 0) is 32.2 Å². The first-order chi connectivity index (χ1) is 12.6. The number of rotatable bonds is 7. The van der Waals surface area contributed by atoms with Gasteiger partial charge in [0.25, 0.3) is 0 Å². The predicted molar refractivity (Wildman–Crippen MR) is 102 cm³/mol. The van der Waals surface area contributed by atoms with Crippen molar-refractivity contribution in [1.82, 2.24) is 10.2 Å². The average molecular weight is 354 g/mol. The van der Waals surface area contributed by atoms with Crippen molar-refractivity contribution in [3.8, 4) is 11.5 Å². The largest absolute Gasteiger partial charge is 0.493 e. The van der Waals surface area contributed by atoms with E-state index in [4.69, 9.17) is 9.47 Å². The maximum Gasteiger partial charge on any atom is 0.234 e. The van der Waals surface area contributed by atoms with Crippen molar-refractivity contribution in [2.75, 3.05) is 33.4 Å². The van der Waals surface area contributed by atoms with Crippen LogP contribution in [-0.2, 0) is 4.79 Å². The van der Waals surface area contributed by atoms with Crippen molar-refractivity contribution in [3.05, 3.63) is 59.7 Å². The summed E-state index contributed by atoms with van der Waals surface area (Å²) >= 11 is 0. The number of amides is 1. The van der Waals surface area contributed by atoms with E-state index >= 15 is 0 Å². The molecule has 0 radical (unpaired) electrons. The Labute approximate surface area is 154 Å². The molecule has 26 heavy (non-hydrogen) atoms. The van der Waals surface area contributed by atoms with Crippen LogP contribution in [0.2, 0.25) is 0 Å². The van der Waals surface area contributed by atoms with Gasteiger partial charge in [0, 0.05) is 18.5 Å². The molecule has 5 heteroatoms. The molecule has 2 aromatic carbocycles. The Morgan fingerprint density at radius 3 is 2.81 bits per heavy atom. The van der Waals surface area contributed by atoms with Crippen molar-refractivity contribution in [3.63, 3.8) is 0 Å². The highest BCUT2D eigenvalue weighted by Crippen LogP contribution is 2.31. The second-order valence-corrected chi connectivity index (χ2v) is 6.69. The molecule has 1 N–H and O–H groups in total. The number of carbonyl (C=O) groups is 1. The maximum absolute atomic E-state index is 12.4. The summed E-state index contributed by atoms with van der Waals surface area (Å²) in [5.74, 6) is 1.74. The fourth-order valence-electron chi connectivity index (χ4n) is 3.01. The molecule has 0 spiro atoms. The number of benzene rings is 2. The van der Waals surface area contributed by atoms with Gasteiger partial charge in [0.05, 0.1) is 19.2 Å². The first-order valence-electron chi connectivity index (χ1n) is 9.01.